The van der Waals surface area contributed by atoms with Gasteiger partial charge in [-0.3, -0.25) is 4.79 Å². The van der Waals surface area contributed by atoms with Crippen LogP contribution in [0.2, 0.25) is 0 Å². The van der Waals surface area contributed by atoms with Crippen LogP contribution in [0.25, 0.3) is 10.9 Å². The number of hydrogen-bond donors (Lipinski definition) is 1. The zero-order chi connectivity index (χ0) is 22.5. The molecule has 0 unspecified atom stereocenters. The summed E-state index contributed by atoms with van der Waals surface area (Å²) in [6.45, 7) is 8.60. The number of nitrogens with one attached hydrogen (secondary N) is 1. The number of halogens is 1. The highest BCUT2D eigenvalue weighted by Gasteiger charge is 2.21. The molecule has 2 aromatic carbocycles. The highest BCUT2D eigenvalue weighted by atomic mass is 32.2. The number of amides is 1. The number of piperidine rings is 1. The quantitative estimate of drug-likeness (QED) is 0.474. The molecule has 0 bridgehead atoms. The second-order valence-electron chi connectivity index (χ2n) is 8.90. The van der Waals surface area contributed by atoms with Crippen LogP contribution in [0.5, 0.6) is 0 Å². The van der Waals surface area contributed by atoms with Crippen molar-refractivity contribution in [2.24, 2.45) is 11.8 Å². The zero-order valence-corrected chi connectivity index (χ0v) is 19.5. The maximum atomic E-state index is 13.2. The fourth-order valence-electron chi connectivity index (χ4n) is 4.59. The van der Waals surface area contributed by atoms with Crippen molar-refractivity contribution in [2.45, 2.75) is 36.6 Å². The summed E-state index contributed by atoms with van der Waals surface area (Å²) in [5.41, 5.74) is 1.40. The molecule has 1 saturated heterocycles. The summed E-state index contributed by atoms with van der Waals surface area (Å²) in [5.74, 6) is 1.14. The van der Waals surface area contributed by atoms with Gasteiger partial charge in [0.15, 0.2) is 0 Å². The van der Waals surface area contributed by atoms with Crippen molar-refractivity contribution in [2.75, 3.05) is 26.2 Å². The first-order chi connectivity index (χ1) is 15.5. The van der Waals surface area contributed by atoms with Crippen molar-refractivity contribution in [3.05, 3.63) is 66.0 Å². The van der Waals surface area contributed by atoms with E-state index in [-0.39, 0.29) is 11.7 Å². The first-order valence-electron chi connectivity index (χ1n) is 11.3. The first-order valence-corrected chi connectivity index (χ1v) is 12.1. The van der Waals surface area contributed by atoms with Gasteiger partial charge in [-0.15, -0.1) is 0 Å². The van der Waals surface area contributed by atoms with Crippen molar-refractivity contribution >= 4 is 28.6 Å². The molecule has 1 N–H and O–H groups in total. The summed E-state index contributed by atoms with van der Waals surface area (Å²) in [5, 5.41) is 4.66. The van der Waals surface area contributed by atoms with Gasteiger partial charge in [-0.2, -0.15) is 0 Å². The standard InChI is InChI=1S/C26H30FN3OS/c1-18-14-19(2)17-30(16-18)13-5-12-28-26(31)23-15-25(29-24-7-4-3-6-22(23)24)32-21-10-8-20(27)9-11-21/h3-4,6-11,15,18-19H,5,12-14,16-17H2,1-2H3,(H,28,31)/t18-,19-/m0/s1. The molecule has 6 heteroatoms. The van der Waals surface area contributed by atoms with E-state index in [0.717, 1.165) is 58.7 Å². The number of likely N-dealkylation sites (tertiary alicyclic amines) is 1. The van der Waals surface area contributed by atoms with Gasteiger partial charge in [-0.25, -0.2) is 9.37 Å². The SMILES string of the molecule is C[C@H]1C[C@H](C)CN(CCCNC(=O)c2cc(Sc3ccc(F)cc3)nc3ccccc23)C1. The molecule has 168 valence electrons. The van der Waals surface area contributed by atoms with Crippen molar-refractivity contribution in [3.8, 4) is 0 Å². The molecule has 1 aliphatic rings. The van der Waals surface area contributed by atoms with Crippen molar-refractivity contribution < 1.29 is 9.18 Å². The minimum absolute atomic E-state index is 0.0788. The Balaban J connectivity index is 1.42. The summed E-state index contributed by atoms with van der Waals surface area (Å²) < 4.78 is 13.2. The van der Waals surface area contributed by atoms with E-state index < -0.39 is 0 Å². The largest absolute Gasteiger partial charge is 0.352 e. The normalized spacial score (nSPS) is 19.2. The Hall–Kier alpha value is -2.44. The Morgan fingerprint density at radius 3 is 2.59 bits per heavy atom. The molecule has 0 radical (unpaired) electrons. The van der Waals surface area contributed by atoms with E-state index in [4.69, 9.17) is 4.98 Å². The highest BCUT2D eigenvalue weighted by molar-refractivity contribution is 7.99. The number of para-hydroxylation sites is 1. The molecule has 0 spiro atoms. The maximum absolute atomic E-state index is 13.2. The number of carbonyl (C=O) groups excluding carboxylic acids is 1. The lowest BCUT2D eigenvalue weighted by Gasteiger charge is -2.34. The molecular weight excluding hydrogens is 421 g/mol. The molecule has 4 nitrogen and oxygen atoms in total. The number of nitrogens with zero attached hydrogens (tertiary/aromatic N) is 2. The molecule has 4 rings (SSSR count). The second-order valence-corrected chi connectivity index (χ2v) is 9.99. The first kappa shape index (κ1) is 22.7. The Kier molecular flexibility index (Phi) is 7.43. The van der Waals surface area contributed by atoms with Crippen molar-refractivity contribution in [3.63, 3.8) is 0 Å². The minimum Gasteiger partial charge on any atom is -0.352 e. The van der Waals surface area contributed by atoms with Crippen LogP contribution in [0, 0.1) is 17.7 Å². The molecule has 0 aliphatic carbocycles. The van der Waals surface area contributed by atoms with Crippen LogP contribution in [-0.4, -0.2) is 42.0 Å². The molecule has 2 heterocycles. The summed E-state index contributed by atoms with van der Waals surface area (Å²) in [6.07, 6.45) is 2.24. The average molecular weight is 452 g/mol. The number of aromatic nitrogens is 1. The predicted molar refractivity (Wildman–Crippen MR) is 129 cm³/mol. The monoisotopic (exact) mass is 451 g/mol. The van der Waals surface area contributed by atoms with Gasteiger partial charge in [0.25, 0.3) is 5.91 Å². The van der Waals surface area contributed by atoms with E-state index in [9.17, 15) is 9.18 Å². The number of carbonyl (C=O) groups is 1. The van der Waals surface area contributed by atoms with Gasteiger partial charge in [-0.1, -0.05) is 43.8 Å². The predicted octanol–water partition coefficient (Wildman–Crippen LogP) is 5.62. The van der Waals surface area contributed by atoms with Crippen LogP contribution in [0.3, 0.4) is 0 Å². The molecule has 0 saturated carbocycles. The Morgan fingerprint density at radius 2 is 1.84 bits per heavy atom. The molecule has 1 aromatic heterocycles. The van der Waals surface area contributed by atoms with E-state index in [1.165, 1.54) is 30.3 Å². The highest BCUT2D eigenvalue weighted by Crippen LogP contribution is 2.30. The Labute approximate surface area is 193 Å². The average Bonchev–Trinajstić information content (AvgIpc) is 2.77. The van der Waals surface area contributed by atoms with Gasteiger partial charge in [0.2, 0.25) is 0 Å². The second kappa shape index (κ2) is 10.5. The van der Waals surface area contributed by atoms with Gasteiger partial charge in [0.05, 0.1) is 11.1 Å². The molecule has 1 amide bonds. The summed E-state index contributed by atoms with van der Waals surface area (Å²) >= 11 is 1.43. The topological polar surface area (TPSA) is 45.2 Å². The third kappa shape index (κ3) is 5.87. The molecule has 32 heavy (non-hydrogen) atoms. The number of hydrogen-bond acceptors (Lipinski definition) is 4. The van der Waals surface area contributed by atoms with Crippen LogP contribution >= 0.6 is 11.8 Å². The molecule has 2 atom stereocenters. The van der Waals surface area contributed by atoms with Crippen LogP contribution in [-0.2, 0) is 0 Å². The Bertz CT molecular complexity index is 1060. The molecule has 3 aromatic rings. The van der Waals surface area contributed by atoms with E-state index in [0.29, 0.717) is 12.1 Å². The Morgan fingerprint density at radius 1 is 1.12 bits per heavy atom. The minimum atomic E-state index is -0.269. The van der Waals surface area contributed by atoms with E-state index in [1.807, 2.05) is 30.3 Å². The van der Waals surface area contributed by atoms with Crippen LogP contribution in [0.15, 0.2) is 64.5 Å². The summed E-state index contributed by atoms with van der Waals surface area (Å²) in [6, 6.07) is 15.8. The third-order valence-corrected chi connectivity index (χ3v) is 6.78. The fraction of sp³-hybridized carbons (Fsp3) is 0.385. The molecular formula is C26H30FN3OS. The fourth-order valence-corrected chi connectivity index (χ4v) is 5.42. The number of rotatable bonds is 7. The van der Waals surface area contributed by atoms with Gasteiger partial charge in [0, 0.05) is 29.9 Å². The van der Waals surface area contributed by atoms with Crippen LogP contribution in [0.4, 0.5) is 4.39 Å². The van der Waals surface area contributed by atoms with Gasteiger partial charge >= 0.3 is 0 Å². The van der Waals surface area contributed by atoms with E-state index in [1.54, 1.807) is 12.1 Å². The van der Waals surface area contributed by atoms with Crippen molar-refractivity contribution in [1.29, 1.82) is 0 Å². The lowest BCUT2D eigenvalue weighted by molar-refractivity contribution is 0.0948. The third-order valence-electron chi connectivity index (χ3n) is 5.85. The summed E-state index contributed by atoms with van der Waals surface area (Å²) in [4.78, 5) is 21.1. The van der Waals surface area contributed by atoms with Gasteiger partial charge in [-0.05, 0) is 67.6 Å². The maximum Gasteiger partial charge on any atom is 0.252 e. The van der Waals surface area contributed by atoms with Gasteiger partial charge in [0.1, 0.15) is 10.8 Å². The number of fused-ring (bicyclic) bond motifs is 1. The van der Waals surface area contributed by atoms with E-state index in [2.05, 4.69) is 24.1 Å². The summed E-state index contributed by atoms with van der Waals surface area (Å²) in [7, 11) is 0. The molecule has 1 aliphatic heterocycles. The lowest BCUT2D eigenvalue weighted by Crippen LogP contribution is -2.40. The lowest BCUT2D eigenvalue weighted by atomic mass is 9.92. The van der Waals surface area contributed by atoms with Crippen LogP contribution in [0.1, 0.15) is 37.0 Å². The number of benzene rings is 2. The smallest absolute Gasteiger partial charge is 0.252 e. The van der Waals surface area contributed by atoms with E-state index >= 15 is 0 Å². The zero-order valence-electron chi connectivity index (χ0n) is 18.7. The molecule has 1 fully saturated rings. The number of pyridine rings is 1. The van der Waals surface area contributed by atoms with Crippen molar-refractivity contribution in [1.82, 2.24) is 15.2 Å². The van der Waals surface area contributed by atoms with Gasteiger partial charge < -0.3 is 10.2 Å². The van der Waals surface area contributed by atoms with Crippen LogP contribution < -0.4 is 5.32 Å².